The van der Waals surface area contributed by atoms with Crippen LogP contribution >= 0.6 is 11.3 Å². The summed E-state index contributed by atoms with van der Waals surface area (Å²) in [5.74, 6) is -0.108. The molecule has 0 unspecified atom stereocenters. The highest BCUT2D eigenvalue weighted by Gasteiger charge is 2.01. The van der Waals surface area contributed by atoms with Crippen LogP contribution in [0.4, 0.5) is 4.39 Å². The molecule has 0 radical (unpaired) electrons. The first kappa shape index (κ1) is 13.2. The van der Waals surface area contributed by atoms with Gasteiger partial charge in [-0.15, -0.1) is 11.3 Å². The van der Waals surface area contributed by atoms with Crippen molar-refractivity contribution in [3.63, 3.8) is 0 Å². The van der Waals surface area contributed by atoms with Crippen molar-refractivity contribution in [2.75, 3.05) is 6.54 Å². The molecule has 0 bridgehead atoms. The summed E-state index contributed by atoms with van der Waals surface area (Å²) in [6.45, 7) is 3.85. The number of benzene rings is 1. The number of nitrogens with one attached hydrogen (secondary N) is 1. The molecular weight excluding hydrogens is 245 g/mol. The summed E-state index contributed by atoms with van der Waals surface area (Å²) in [6.07, 6.45) is 1.83. The Bertz CT molecular complexity index is 493. The first-order chi connectivity index (χ1) is 8.79. The highest BCUT2D eigenvalue weighted by molar-refractivity contribution is 7.11. The first-order valence-electron chi connectivity index (χ1n) is 6.31. The number of aryl methyl sites for hydroxylation is 1. The number of rotatable bonds is 6. The second-order valence-electron chi connectivity index (χ2n) is 4.24. The summed E-state index contributed by atoms with van der Waals surface area (Å²) in [6, 6.07) is 11.3. The van der Waals surface area contributed by atoms with Crippen molar-refractivity contribution in [2.24, 2.45) is 0 Å². The predicted molar refractivity (Wildman–Crippen MR) is 75.5 cm³/mol. The Kier molecular flexibility index (Phi) is 4.90. The maximum atomic E-state index is 13.4. The Labute approximate surface area is 112 Å². The standard InChI is InChI=1S/C15H18FNS/c1-2-13-7-8-14(18-13)11-17-10-9-12-5-3-4-6-15(12)16/h3-8,17H,2,9-11H2,1H3. The van der Waals surface area contributed by atoms with Crippen LogP contribution in [0.25, 0.3) is 0 Å². The second-order valence-corrected chi connectivity index (χ2v) is 5.49. The summed E-state index contributed by atoms with van der Waals surface area (Å²) in [7, 11) is 0. The molecule has 0 aliphatic carbocycles. The molecule has 0 fully saturated rings. The Morgan fingerprint density at radius 1 is 1.11 bits per heavy atom. The molecule has 0 amide bonds. The van der Waals surface area contributed by atoms with Crippen LogP contribution in [0.1, 0.15) is 22.2 Å². The van der Waals surface area contributed by atoms with Gasteiger partial charge in [0, 0.05) is 16.3 Å². The van der Waals surface area contributed by atoms with E-state index >= 15 is 0 Å². The molecule has 0 aliphatic heterocycles. The van der Waals surface area contributed by atoms with E-state index in [9.17, 15) is 4.39 Å². The van der Waals surface area contributed by atoms with Gasteiger partial charge in [0.1, 0.15) is 5.82 Å². The highest BCUT2D eigenvalue weighted by Crippen LogP contribution is 2.16. The molecule has 0 saturated carbocycles. The maximum absolute atomic E-state index is 13.4. The van der Waals surface area contributed by atoms with E-state index in [1.807, 2.05) is 23.5 Å². The van der Waals surface area contributed by atoms with E-state index in [1.54, 1.807) is 6.07 Å². The van der Waals surface area contributed by atoms with E-state index in [1.165, 1.54) is 15.8 Å². The first-order valence-corrected chi connectivity index (χ1v) is 7.13. The van der Waals surface area contributed by atoms with Gasteiger partial charge in [0.15, 0.2) is 0 Å². The van der Waals surface area contributed by atoms with Crippen LogP contribution in [0, 0.1) is 5.82 Å². The fourth-order valence-electron chi connectivity index (χ4n) is 1.84. The summed E-state index contributed by atoms with van der Waals surface area (Å²) in [4.78, 5) is 2.77. The van der Waals surface area contributed by atoms with E-state index in [0.29, 0.717) is 0 Å². The Morgan fingerprint density at radius 2 is 1.89 bits per heavy atom. The quantitative estimate of drug-likeness (QED) is 0.782. The summed E-state index contributed by atoms with van der Waals surface area (Å²) in [5, 5.41) is 3.36. The highest BCUT2D eigenvalue weighted by atomic mass is 32.1. The fourth-order valence-corrected chi connectivity index (χ4v) is 2.77. The third kappa shape index (κ3) is 3.65. The third-order valence-corrected chi connectivity index (χ3v) is 4.12. The van der Waals surface area contributed by atoms with Gasteiger partial charge in [0.2, 0.25) is 0 Å². The molecule has 0 atom stereocenters. The zero-order valence-corrected chi connectivity index (χ0v) is 11.4. The average Bonchev–Trinajstić information content (AvgIpc) is 2.84. The minimum absolute atomic E-state index is 0.108. The lowest BCUT2D eigenvalue weighted by Gasteiger charge is -2.04. The lowest BCUT2D eigenvalue weighted by Crippen LogP contribution is -2.16. The number of hydrogen-bond acceptors (Lipinski definition) is 2. The molecule has 1 aromatic heterocycles. The van der Waals surface area contributed by atoms with Crippen LogP contribution in [0.2, 0.25) is 0 Å². The summed E-state index contributed by atoms with van der Waals surface area (Å²) >= 11 is 1.85. The molecule has 3 heteroatoms. The lowest BCUT2D eigenvalue weighted by atomic mass is 10.1. The van der Waals surface area contributed by atoms with Crippen molar-refractivity contribution >= 4 is 11.3 Å². The zero-order valence-electron chi connectivity index (χ0n) is 10.6. The van der Waals surface area contributed by atoms with Crippen LogP contribution in [0.5, 0.6) is 0 Å². The molecule has 1 aromatic carbocycles. The maximum Gasteiger partial charge on any atom is 0.126 e. The minimum atomic E-state index is -0.108. The summed E-state index contributed by atoms with van der Waals surface area (Å²) in [5.41, 5.74) is 0.783. The lowest BCUT2D eigenvalue weighted by molar-refractivity contribution is 0.598. The molecule has 2 aromatic rings. The van der Waals surface area contributed by atoms with Crippen molar-refractivity contribution in [2.45, 2.75) is 26.3 Å². The number of thiophene rings is 1. The van der Waals surface area contributed by atoms with Gasteiger partial charge >= 0.3 is 0 Å². The Morgan fingerprint density at radius 3 is 2.61 bits per heavy atom. The summed E-state index contributed by atoms with van der Waals surface area (Å²) < 4.78 is 13.4. The molecule has 96 valence electrons. The molecule has 2 rings (SSSR count). The van der Waals surface area contributed by atoms with E-state index < -0.39 is 0 Å². The Hall–Kier alpha value is -1.19. The van der Waals surface area contributed by atoms with Gasteiger partial charge in [-0.25, -0.2) is 4.39 Å². The van der Waals surface area contributed by atoms with Crippen molar-refractivity contribution in [3.8, 4) is 0 Å². The van der Waals surface area contributed by atoms with Gasteiger partial charge < -0.3 is 5.32 Å². The van der Waals surface area contributed by atoms with Crippen LogP contribution in [0.15, 0.2) is 36.4 Å². The molecule has 1 nitrogen and oxygen atoms in total. The fraction of sp³-hybridized carbons (Fsp3) is 0.333. The molecule has 1 N–H and O–H groups in total. The third-order valence-electron chi connectivity index (χ3n) is 2.89. The van der Waals surface area contributed by atoms with Gasteiger partial charge in [-0.1, -0.05) is 25.1 Å². The number of hydrogen-bond donors (Lipinski definition) is 1. The molecule has 1 heterocycles. The number of halogens is 1. The SMILES string of the molecule is CCc1ccc(CNCCc2ccccc2F)s1. The largest absolute Gasteiger partial charge is 0.312 e. The molecular formula is C15H18FNS. The zero-order chi connectivity index (χ0) is 12.8. The van der Waals surface area contributed by atoms with Crippen LogP contribution in [0.3, 0.4) is 0 Å². The average molecular weight is 263 g/mol. The topological polar surface area (TPSA) is 12.0 Å². The molecule has 0 aliphatic rings. The molecule has 18 heavy (non-hydrogen) atoms. The van der Waals surface area contributed by atoms with Crippen molar-refractivity contribution < 1.29 is 4.39 Å². The van der Waals surface area contributed by atoms with Crippen LogP contribution < -0.4 is 5.32 Å². The Balaban J connectivity index is 1.74. The predicted octanol–water partition coefficient (Wildman–Crippen LogP) is 3.78. The molecule has 0 saturated heterocycles. The van der Waals surface area contributed by atoms with Crippen molar-refractivity contribution in [3.05, 3.63) is 57.5 Å². The van der Waals surface area contributed by atoms with Gasteiger partial charge in [-0.3, -0.25) is 0 Å². The van der Waals surface area contributed by atoms with Gasteiger partial charge in [0.25, 0.3) is 0 Å². The van der Waals surface area contributed by atoms with E-state index in [4.69, 9.17) is 0 Å². The smallest absolute Gasteiger partial charge is 0.126 e. The van der Waals surface area contributed by atoms with Crippen molar-refractivity contribution in [1.29, 1.82) is 0 Å². The van der Waals surface area contributed by atoms with E-state index in [0.717, 1.165) is 31.5 Å². The molecule has 0 spiro atoms. The van der Waals surface area contributed by atoms with E-state index in [2.05, 4.69) is 24.4 Å². The van der Waals surface area contributed by atoms with Gasteiger partial charge in [-0.2, -0.15) is 0 Å². The van der Waals surface area contributed by atoms with E-state index in [-0.39, 0.29) is 5.82 Å². The monoisotopic (exact) mass is 263 g/mol. The van der Waals surface area contributed by atoms with Crippen molar-refractivity contribution in [1.82, 2.24) is 5.32 Å². The van der Waals surface area contributed by atoms with Crippen LogP contribution in [-0.4, -0.2) is 6.54 Å². The van der Waals surface area contributed by atoms with Crippen LogP contribution in [-0.2, 0) is 19.4 Å². The van der Waals surface area contributed by atoms with Gasteiger partial charge in [-0.05, 0) is 43.1 Å². The normalized spacial score (nSPS) is 10.8. The second kappa shape index (κ2) is 6.66. The minimum Gasteiger partial charge on any atom is -0.312 e. The van der Waals surface area contributed by atoms with Gasteiger partial charge in [0.05, 0.1) is 0 Å².